The lowest BCUT2D eigenvalue weighted by Gasteiger charge is -2.26. The van der Waals surface area contributed by atoms with Crippen molar-refractivity contribution >= 4 is 41.2 Å². The van der Waals surface area contributed by atoms with E-state index in [9.17, 15) is 18.8 Å². The van der Waals surface area contributed by atoms with Gasteiger partial charge in [-0.1, -0.05) is 23.7 Å². The minimum absolute atomic E-state index is 0.131. The number of halogens is 2. The van der Waals surface area contributed by atoms with Crippen LogP contribution in [0.15, 0.2) is 70.7 Å². The molecule has 4 amide bonds. The topological polar surface area (TPSA) is 79.6 Å². The van der Waals surface area contributed by atoms with Crippen molar-refractivity contribution in [1.82, 2.24) is 5.32 Å². The predicted octanol–water partition coefficient (Wildman–Crippen LogP) is 4.41. The minimum atomic E-state index is -0.914. The molecule has 1 aliphatic rings. The fraction of sp³-hybridized carbons (Fsp3) is 0. The molecule has 1 saturated heterocycles. The standard InChI is InChI=1S/C21H12ClFN2O4/c22-13-3-1-2-12(10-13)18-9-8-16(29-18)11-17-19(26)24-21(28)25(20(17)27)15-6-4-14(23)5-7-15/h1-11H,(H,24,26,28)/b17-11-. The number of hydrogen-bond acceptors (Lipinski definition) is 4. The lowest BCUT2D eigenvalue weighted by Crippen LogP contribution is -2.54. The lowest BCUT2D eigenvalue weighted by molar-refractivity contribution is -0.122. The number of carbonyl (C=O) groups is 3. The largest absolute Gasteiger partial charge is 0.457 e. The van der Waals surface area contributed by atoms with Gasteiger partial charge in [-0.25, -0.2) is 14.1 Å². The zero-order valence-electron chi connectivity index (χ0n) is 14.7. The van der Waals surface area contributed by atoms with E-state index in [1.807, 2.05) is 0 Å². The Bertz CT molecular complexity index is 1170. The van der Waals surface area contributed by atoms with Crippen molar-refractivity contribution in [2.75, 3.05) is 4.90 Å². The van der Waals surface area contributed by atoms with Gasteiger partial charge in [-0.2, -0.15) is 0 Å². The summed E-state index contributed by atoms with van der Waals surface area (Å²) in [6.07, 6.45) is 1.24. The zero-order chi connectivity index (χ0) is 20.5. The smallest absolute Gasteiger partial charge is 0.335 e. The Balaban J connectivity index is 1.67. The molecule has 1 N–H and O–H groups in total. The highest BCUT2D eigenvalue weighted by molar-refractivity contribution is 6.39. The Morgan fingerprint density at radius 3 is 2.48 bits per heavy atom. The third-order valence-electron chi connectivity index (χ3n) is 4.21. The van der Waals surface area contributed by atoms with E-state index in [2.05, 4.69) is 5.32 Å². The van der Waals surface area contributed by atoms with E-state index in [4.69, 9.17) is 16.0 Å². The molecule has 0 unspecified atom stereocenters. The fourth-order valence-corrected chi connectivity index (χ4v) is 3.04. The van der Waals surface area contributed by atoms with Gasteiger partial charge in [0.15, 0.2) is 0 Å². The van der Waals surface area contributed by atoms with E-state index in [1.54, 1.807) is 36.4 Å². The van der Waals surface area contributed by atoms with Gasteiger partial charge in [-0.3, -0.25) is 14.9 Å². The van der Waals surface area contributed by atoms with Crippen LogP contribution in [-0.2, 0) is 9.59 Å². The van der Waals surface area contributed by atoms with Gasteiger partial charge in [0, 0.05) is 10.6 Å². The van der Waals surface area contributed by atoms with Crippen molar-refractivity contribution in [3.8, 4) is 11.3 Å². The molecule has 6 nitrogen and oxygen atoms in total. The summed E-state index contributed by atoms with van der Waals surface area (Å²) >= 11 is 5.98. The van der Waals surface area contributed by atoms with E-state index in [0.717, 1.165) is 22.6 Å². The molecular formula is C21H12ClFN2O4. The maximum atomic E-state index is 13.2. The van der Waals surface area contributed by atoms with Gasteiger partial charge in [0.25, 0.3) is 11.8 Å². The van der Waals surface area contributed by atoms with Crippen molar-refractivity contribution in [3.05, 3.63) is 82.8 Å². The predicted molar refractivity (Wildman–Crippen MR) is 105 cm³/mol. The van der Waals surface area contributed by atoms with Gasteiger partial charge in [0.05, 0.1) is 5.69 Å². The van der Waals surface area contributed by atoms with Gasteiger partial charge in [-0.15, -0.1) is 0 Å². The van der Waals surface area contributed by atoms with E-state index < -0.39 is 23.7 Å². The van der Waals surface area contributed by atoms with E-state index >= 15 is 0 Å². The second-order valence-corrected chi connectivity index (χ2v) is 6.58. The number of anilines is 1. The molecule has 1 aliphatic heterocycles. The number of nitrogens with zero attached hydrogens (tertiary/aromatic N) is 1. The summed E-state index contributed by atoms with van der Waals surface area (Å²) in [5.74, 6) is -1.47. The highest BCUT2D eigenvalue weighted by Gasteiger charge is 2.37. The average Bonchev–Trinajstić information content (AvgIpc) is 3.15. The normalized spacial score (nSPS) is 15.7. The number of urea groups is 1. The summed E-state index contributed by atoms with van der Waals surface area (Å²) in [4.78, 5) is 37.9. The van der Waals surface area contributed by atoms with Crippen LogP contribution in [-0.4, -0.2) is 17.8 Å². The van der Waals surface area contributed by atoms with Gasteiger partial charge in [0.2, 0.25) is 0 Å². The fourth-order valence-electron chi connectivity index (χ4n) is 2.85. The number of barbiturate groups is 1. The molecule has 1 aromatic heterocycles. The number of imide groups is 2. The Hall–Kier alpha value is -3.71. The summed E-state index contributed by atoms with van der Waals surface area (Å²) < 4.78 is 18.8. The molecule has 3 aromatic rings. The second-order valence-electron chi connectivity index (χ2n) is 6.15. The van der Waals surface area contributed by atoms with Crippen LogP contribution < -0.4 is 10.2 Å². The minimum Gasteiger partial charge on any atom is -0.457 e. The van der Waals surface area contributed by atoms with Crippen LogP contribution in [0.4, 0.5) is 14.9 Å². The number of nitrogens with one attached hydrogen (secondary N) is 1. The molecule has 8 heteroatoms. The summed E-state index contributed by atoms with van der Waals surface area (Å²) in [5, 5.41) is 2.63. The van der Waals surface area contributed by atoms with Crippen molar-refractivity contribution in [3.63, 3.8) is 0 Å². The highest BCUT2D eigenvalue weighted by atomic mass is 35.5. The van der Waals surface area contributed by atoms with Gasteiger partial charge in [0.1, 0.15) is 22.9 Å². The molecule has 0 spiro atoms. The molecule has 1 fully saturated rings. The summed E-state index contributed by atoms with van der Waals surface area (Å²) in [5.41, 5.74) is 0.567. The van der Waals surface area contributed by atoms with Crippen molar-refractivity contribution < 1.29 is 23.2 Å². The summed E-state index contributed by atoms with van der Waals surface area (Å²) in [6, 6.07) is 14.1. The molecule has 0 bridgehead atoms. The summed E-state index contributed by atoms with van der Waals surface area (Å²) in [7, 11) is 0. The maximum Gasteiger partial charge on any atom is 0.335 e. The van der Waals surface area contributed by atoms with Gasteiger partial charge in [-0.05, 0) is 54.6 Å². The molecule has 0 atom stereocenters. The van der Waals surface area contributed by atoms with Crippen molar-refractivity contribution in [2.45, 2.75) is 0 Å². The van der Waals surface area contributed by atoms with E-state index in [1.165, 1.54) is 18.2 Å². The van der Waals surface area contributed by atoms with Crippen LogP contribution in [0.3, 0.4) is 0 Å². The third kappa shape index (κ3) is 3.68. The first-order chi connectivity index (χ1) is 13.9. The van der Waals surface area contributed by atoms with Crippen LogP contribution in [0.2, 0.25) is 5.02 Å². The second kappa shape index (κ2) is 7.37. The number of furan rings is 1. The Labute approximate surface area is 169 Å². The van der Waals surface area contributed by atoms with Crippen LogP contribution in [0.25, 0.3) is 17.4 Å². The molecule has 2 heterocycles. The molecular weight excluding hydrogens is 399 g/mol. The molecule has 4 rings (SSSR count). The van der Waals surface area contributed by atoms with Gasteiger partial charge < -0.3 is 4.42 Å². The van der Waals surface area contributed by atoms with Crippen LogP contribution in [0, 0.1) is 5.82 Å². The van der Waals surface area contributed by atoms with E-state index in [-0.39, 0.29) is 17.0 Å². The van der Waals surface area contributed by atoms with Crippen LogP contribution in [0.1, 0.15) is 5.76 Å². The SMILES string of the molecule is O=C1NC(=O)N(c2ccc(F)cc2)C(=O)/C1=C\c1ccc(-c2cccc(Cl)c2)o1. The van der Waals surface area contributed by atoms with Gasteiger partial charge >= 0.3 is 6.03 Å². The summed E-state index contributed by atoms with van der Waals surface area (Å²) in [6.45, 7) is 0. The van der Waals surface area contributed by atoms with Crippen molar-refractivity contribution in [1.29, 1.82) is 0 Å². The number of rotatable bonds is 3. The first-order valence-electron chi connectivity index (χ1n) is 8.45. The monoisotopic (exact) mass is 410 g/mol. The van der Waals surface area contributed by atoms with E-state index in [0.29, 0.717) is 10.8 Å². The Kier molecular flexibility index (Phi) is 4.74. The first kappa shape index (κ1) is 18.6. The molecule has 144 valence electrons. The molecule has 0 aliphatic carbocycles. The average molecular weight is 411 g/mol. The maximum absolute atomic E-state index is 13.2. The number of amides is 4. The number of benzene rings is 2. The molecule has 0 saturated carbocycles. The third-order valence-corrected chi connectivity index (χ3v) is 4.44. The molecule has 2 aromatic carbocycles. The van der Waals surface area contributed by atoms with Crippen molar-refractivity contribution in [2.24, 2.45) is 0 Å². The van der Waals surface area contributed by atoms with Crippen LogP contribution >= 0.6 is 11.6 Å². The first-order valence-corrected chi connectivity index (χ1v) is 8.83. The van der Waals surface area contributed by atoms with Crippen LogP contribution in [0.5, 0.6) is 0 Å². The molecule has 29 heavy (non-hydrogen) atoms. The quantitative estimate of drug-likeness (QED) is 0.512. The molecule has 0 radical (unpaired) electrons. The number of hydrogen-bond donors (Lipinski definition) is 1. The highest BCUT2D eigenvalue weighted by Crippen LogP contribution is 2.27. The zero-order valence-corrected chi connectivity index (χ0v) is 15.4. The Morgan fingerprint density at radius 2 is 1.76 bits per heavy atom. The number of carbonyl (C=O) groups excluding carboxylic acids is 3. The lowest BCUT2D eigenvalue weighted by atomic mass is 10.1. The Morgan fingerprint density at radius 1 is 1.00 bits per heavy atom.